The number of benzene rings is 2. The zero-order valence-electron chi connectivity index (χ0n) is 28.0. The number of rotatable bonds is 9. The summed E-state index contributed by atoms with van der Waals surface area (Å²) in [5, 5.41) is 12.7. The molecule has 0 bridgehead atoms. The van der Waals surface area contributed by atoms with Crippen LogP contribution in [0.4, 0.5) is 23.1 Å². The van der Waals surface area contributed by atoms with Crippen LogP contribution in [0.3, 0.4) is 0 Å². The van der Waals surface area contributed by atoms with E-state index in [1.165, 1.54) is 11.6 Å². The van der Waals surface area contributed by atoms with Crippen LogP contribution in [0.25, 0.3) is 10.9 Å². The monoisotopic (exact) mass is 713 g/mol. The fourth-order valence-electron chi connectivity index (χ4n) is 6.71. The summed E-state index contributed by atoms with van der Waals surface area (Å²) >= 11 is 6.51. The van der Waals surface area contributed by atoms with Crippen molar-refractivity contribution in [3.05, 3.63) is 75.2 Å². The van der Waals surface area contributed by atoms with Crippen molar-refractivity contribution in [1.29, 1.82) is 0 Å². The first-order valence-electron chi connectivity index (χ1n) is 16.6. The molecule has 2 aromatic heterocycles. The first-order chi connectivity index (χ1) is 24.6. The van der Waals surface area contributed by atoms with E-state index in [1.54, 1.807) is 30.3 Å². The lowest BCUT2D eigenvalue weighted by Gasteiger charge is -2.33. The molecule has 16 heteroatoms. The van der Waals surface area contributed by atoms with Gasteiger partial charge in [-0.25, -0.2) is 4.98 Å². The van der Waals surface area contributed by atoms with E-state index >= 15 is 0 Å². The number of aryl methyl sites for hydroxylation is 1. The molecule has 3 aliphatic rings. The number of ether oxygens (including phenoxy) is 1. The predicted octanol–water partition coefficient (Wildman–Crippen LogP) is 2.69. The van der Waals surface area contributed by atoms with Gasteiger partial charge in [-0.05, 0) is 67.3 Å². The maximum absolute atomic E-state index is 13.1. The number of imide groups is 1. The van der Waals surface area contributed by atoms with Gasteiger partial charge in [0.2, 0.25) is 17.8 Å². The Kier molecular flexibility index (Phi) is 9.21. The van der Waals surface area contributed by atoms with E-state index in [1.807, 2.05) is 30.3 Å². The molecule has 3 aliphatic heterocycles. The molecule has 0 spiro atoms. The fraction of sp³-hybridized carbons (Fsp3) is 0.343. The van der Waals surface area contributed by atoms with Gasteiger partial charge in [0.15, 0.2) is 18.2 Å². The van der Waals surface area contributed by atoms with E-state index in [4.69, 9.17) is 21.3 Å². The van der Waals surface area contributed by atoms with E-state index in [2.05, 4.69) is 31.2 Å². The minimum atomic E-state index is -0.645. The molecule has 0 aliphatic carbocycles. The van der Waals surface area contributed by atoms with Crippen molar-refractivity contribution < 1.29 is 23.9 Å². The van der Waals surface area contributed by atoms with E-state index in [0.717, 1.165) is 29.5 Å². The molecule has 51 heavy (non-hydrogen) atoms. The number of halogens is 1. The average Bonchev–Trinajstić information content (AvgIpc) is 3.45. The Hall–Kier alpha value is -5.70. The normalized spacial score (nSPS) is 17.7. The molecule has 2 saturated heterocycles. The summed E-state index contributed by atoms with van der Waals surface area (Å²) in [6.07, 6.45) is 3.75. The van der Waals surface area contributed by atoms with Crippen molar-refractivity contribution >= 4 is 69.3 Å². The zero-order chi connectivity index (χ0) is 35.8. The number of hydrogen-bond donors (Lipinski definition) is 4. The number of aromatic nitrogens is 3. The Balaban J connectivity index is 0.984. The summed E-state index contributed by atoms with van der Waals surface area (Å²) in [5.74, 6) is -0.234. The molecule has 0 saturated carbocycles. The zero-order valence-corrected chi connectivity index (χ0v) is 28.7. The summed E-state index contributed by atoms with van der Waals surface area (Å²) < 4.78 is 6.95. The quantitative estimate of drug-likeness (QED) is 0.187. The van der Waals surface area contributed by atoms with Gasteiger partial charge in [0.25, 0.3) is 17.4 Å². The van der Waals surface area contributed by atoms with Gasteiger partial charge in [-0.3, -0.25) is 29.3 Å². The number of nitrogens with one attached hydrogen (secondary N) is 4. The highest BCUT2D eigenvalue weighted by Crippen LogP contribution is 2.32. The number of carbonyl (C=O) groups excluding carboxylic acids is 4. The van der Waals surface area contributed by atoms with Gasteiger partial charge in [0.1, 0.15) is 11.1 Å². The second-order valence-corrected chi connectivity index (χ2v) is 13.2. The van der Waals surface area contributed by atoms with Crippen LogP contribution >= 0.6 is 11.6 Å². The highest BCUT2D eigenvalue weighted by Gasteiger charge is 2.39. The summed E-state index contributed by atoms with van der Waals surface area (Å²) in [4.78, 5) is 74.3. The topological polar surface area (TPSA) is 180 Å². The van der Waals surface area contributed by atoms with Gasteiger partial charge in [0, 0.05) is 68.5 Å². The van der Waals surface area contributed by atoms with Gasteiger partial charge in [-0.2, -0.15) is 4.98 Å². The Bertz CT molecular complexity index is 2130. The number of likely N-dealkylation sites (N-methyl/N-ethyl adjacent to an activating group) is 1. The lowest BCUT2D eigenvalue weighted by molar-refractivity contribution is -0.137. The molecule has 7 rings (SSSR count). The summed E-state index contributed by atoms with van der Waals surface area (Å²) in [6, 6.07) is 12.3. The van der Waals surface area contributed by atoms with Crippen LogP contribution in [0, 0.1) is 0 Å². The van der Waals surface area contributed by atoms with E-state index < -0.39 is 11.9 Å². The molecule has 264 valence electrons. The molecule has 15 nitrogen and oxygen atoms in total. The molecule has 1 atom stereocenters. The average molecular weight is 714 g/mol. The third-order valence-corrected chi connectivity index (χ3v) is 9.77. The van der Waals surface area contributed by atoms with E-state index in [0.29, 0.717) is 59.6 Å². The highest BCUT2D eigenvalue weighted by molar-refractivity contribution is 6.33. The first kappa shape index (κ1) is 33.8. The van der Waals surface area contributed by atoms with Crippen LogP contribution < -0.4 is 36.5 Å². The molecule has 4 amide bonds. The molecule has 4 aromatic rings. The second-order valence-electron chi connectivity index (χ2n) is 12.8. The smallest absolute Gasteiger partial charge is 0.293 e. The SMILES string of the molecule is CNC(=O)COc1cc2cc(Nc3nc(N4CCC(Nc5ccc6c(c5)CN(C5CCC(=O)NC5=O)C6=O)CC4)ncc3Cl)ccc2n(C)c1=O. The van der Waals surface area contributed by atoms with Crippen molar-refractivity contribution in [1.82, 2.24) is 30.1 Å². The molecular weight excluding hydrogens is 678 g/mol. The van der Waals surface area contributed by atoms with Crippen LogP contribution in [0.1, 0.15) is 41.6 Å². The predicted molar refractivity (Wildman–Crippen MR) is 190 cm³/mol. The van der Waals surface area contributed by atoms with E-state index in [9.17, 15) is 24.0 Å². The Labute approximate surface area is 297 Å². The molecule has 5 heterocycles. The number of pyridine rings is 1. The van der Waals surface area contributed by atoms with Crippen molar-refractivity contribution in [3.8, 4) is 5.75 Å². The standard InChI is InChI=1S/C35H36ClN9O6/c1-37-30(47)18-51-28-15-19-13-23(4-6-26(19)43(2)34(28)50)40-31-25(36)16-38-35(42-31)44-11-9-21(10-12-44)39-22-3-5-24-20(14-22)17-45(33(24)49)27-7-8-29(46)41-32(27)48/h3-6,13-16,21,27,39H,7-12,17-18H2,1-2H3,(H,37,47)(H,38,40,42)(H,41,46,48). The van der Waals surface area contributed by atoms with Gasteiger partial charge < -0.3 is 35.1 Å². The number of carbonyl (C=O) groups is 4. The second kappa shape index (κ2) is 13.9. The summed E-state index contributed by atoms with van der Waals surface area (Å²) in [6.45, 7) is 1.46. The van der Waals surface area contributed by atoms with Crippen molar-refractivity contribution in [2.75, 3.05) is 42.3 Å². The number of nitrogens with zero attached hydrogens (tertiary/aromatic N) is 5. The van der Waals surface area contributed by atoms with Crippen molar-refractivity contribution in [2.24, 2.45) is 7.05 Å². The number of piperidine rings is 2. The molecular formula is C35H36ClN9O6. The van der Waals surface area contributed by atoms with Gasteiger partial charge in [0.05, 0.1) is 11.7 Å². The van der Waals surface area contributed by atoms with Gasteiger partial charge >= 0.3 is 0 Å². The van der Waals surface area contributed by atoms with Crippen LogP contribution in [0.5, 0.6) is 5.75 Å². The Morgan fingerprint density at radius 1 is 1.04 bits per heavy atom. The van der Waals surface area contributed by atoms with Crippen LogP contribution in [-0.2, 0) is 28.0 Å². The molecule has 1 unspecified atom stereocenters. The number of anilines is 4. The largest absolute Gasteiger partial charge is 0.478 e. The van der Waals surface area contributed by atoms with Crippen molar-refractivity contribution in [2.45, 2.75) is 44.3 Å². The third kappa shape index (κ3) is 6.88. The van der Waals surface area contributed by atoms with Crippen LogP contribution in [-0.4, -0.2) is 81.9 Å². The number of amides is 4. The molecule has 2 aromatic carbocycles. The van der Waals surface area contributed by atoms with Gasteiger partial charge in [-0.1, -0.05) is 11.6 Å². The Morgan fingerprint density at radius 3 is 2.59 bits per heavy atom. The molecule has 4 N–H and O–H groups in total. The van der Waals surface area contributed by atoms with E-state index in [-0.39, 0.29) is 48.1 Å². The lowest BCUT2D eigenvalue weighted by atomic mass is 10.0. The third-order valence-electron chi connectivity index (χ3n) is 9.49. The maximum atomic E-state index is 13.1. The highest BCUT2D eigenvalue weighted by atomic mass is 35.5. The van der Waals surface area contributed by atoms with Crippen LogP contribution in [0.2, 0.25) is 5.02 Å². The Morgan fingerprint density at radius 2 is 1.82 bits per heavy atom. The van der Waals surface area contributed by atoms with Crippen molar-refractivity contribution in [3.63, 3.8) is 0 Å². The molecule has 2 fully saturated rings. The number of fused-ring (bicyclic) bond motifs is 2. The van der Waals surface area contributed by atoms with Gasteiger partial charge in [-0.15, -0.1) is 0 Å². The maximum Gasteiger partial charge on any atom is 0.293 e. The minimum Gasteiger partial charge on any atom is -0.478 e. The minimum absolute atomic E-state index is 0.0636. The van der Waals surface area contributed by atoms with Crippen LogP contribution in [0.15, 0.2) is 53.5 Å². The summed E-state index contributed by atoms with van der Waals surface area (Å²) in [7, 11) is 3.14. The fourth-order valence-corrected chi connectivity index (χ4v) is 6.85. The molecule has 0 radical (unpaired) electrons. The lowest BCUT2D eigenvalue weighted by Crippen LogP contribution is -2.52. The number of hydrogen-bond acceptors (Lipinski definition) is 11. The first-order valence-corrected chi connectivity index (χ1v) is 17.0. The summed E-state index contributed by atoms with van der Waals surface area (Å²) in [5.41, 5.74) is 3.36.